The van der Waals surface area contributed by atoms with Crippen molar-refractivity contribution in [2.45, 2.75) is 6.92 Å². The lowest BCUT2D eigenvalue weighted by atomic mass is 10.1. The minimum absolute atomic E-state index is 0.0644. The van der Waals surface area contributed by atoms with Crippen molar-refractivity contribution in [1.82, 2.24) is 4.98 Å². The van der Waals surface area contributed by atoms with Crippen molar-refractivity contribution < 1.29 is 14.3 Å². The zero-order chi connectivity index (χ0) is 15.4. The molecule has 0 radical (unpaired) electrons. The molecule has 0 aliphatic carbocycles. The molecule has 6 nitrogen and oxygen atoms in total. The van der Waals surface area contributed by atoms with Gasteiger partial charge in [0, 0.05) is 11.9 Å². The van der Waals surface area contributed by atoms with E-state index in [0.29, 0.717) is 16.8 Å². The number of anilines is 1. The molecule has 0 atom stereocenters. The second-order valence-corrected chi connectivity index (χ2v) is 4.39. The number of amides is 1. The molecule has 1 amide bonds. The number of carbonyl (C=O) groups is 2. The monoisotopic (exact) mass is 286 g/mol. The minimum Gasteiger partial charge on any atom is -0.465 e. The number of pyridine rings is 1. The predicted molar refractivity (Wildman–Crippen MR) is 77.5 cm³/mol. The van der Waals surface area contributed by atoms with Crippen LogP contribution in [0.3, 0.4) is 0 Å². The Morgan fingerprint density at radius 3 is 2.38 bits per heavy atom. The second kappa shape index (κ2) is 6.04. The summed E-state index contributed by atoms with van der Waals surface area (Å²) in [5.74, 6) is -0.955. The summed E-state index contributed by atoms with van der Waals surface area (Å²) in [7, 11) is 1.29. The van der Waals surface area contributed by atoms with Crippen LogP contribution in [0.1, 0.15) is 26.3 Å². The number of ether oxygens (including phenoxy) is 1. The Labute approximate surface area is 120 Å². The zero-order valence-electron chi connectivity index (χ0n) is 11.6. The summed E-state index contributed by atoms with van der Waals surface area (Å²) < 4.78 is 4.59. The highest BCUT2D eigenvalue weighted by atomic mass is 16.5. The fraction of sp³-hybridized carbons (Fsp3) is 0.133. The normalized spacial score (nSPS) is 10.0. The van der Waals surface area contributed by atoms with Crippen molar-refractivity contribution in [2.24, 2.45) is 0 Å². The molecule has 21 heavy (non-hydrogen) atoms. The van der Waals surface area contributed by atoms with Crippen molar-refractivity contribution in [3.05, 3.63) is 63.6 Å². The van der Waals surface area contributed by atoms with Gasteiger partial charge in [-0.05, 0) is 42.8 Å². The third kappa shape index (κ3) is 3.17. The molecule has 0 fully saturated rings. The fourth-order valence-electron chi connectivity index (χ4n) is 1.86. The van der Waals surface area contributed by atoms with Crippen molar-refractivity contribution in [3.8, 4) is 0 Å². The minimum atomic E-state index is -0.500. The molecular formula is C15H14N2O4. The van der Waals surface area contributed by atoms with Gasteiger partial charge in [-0.15, -0.1) is 0 Å². The second-order valence-electron chi connectivity index (χ2n) is 4.39. The summed E-state index contributed by atoms with van der Waals surface area (Å²) in [6.45, 7) is 1.69. The number of H-pyrrole nitrogens is 1. The quantitative estimate of drug-likeness (QED) is 0.841. The number of hydrogen-bond donors (Lipinski definition) is 2. The van der Waals surface area contributed by atoms with Crippen molar-refractivity contribution in [1.29, 1.82) is 0 Å². The van der Waals surface area contributed by atoms with Crippen LogP contribution >= 0.6 is 0 Å². The third-order valence-corrected chi connectivity index (χ3v) is 2.96. The van der Waals surface area contributed by atoms with Gasteiger partial charge in [0.2, 0.25) is 0 Å². The lowest BCUT2D eigenvalue weighted by Gasteiger charge is -2.07. The molecule has 1 heterocycles. The maximum atomic E-state index is 12.1. The number of carbonyl (C=O) groups excluding carboxylic acids is 2. The maximum Gasteiger partial charge on any atom is 0.337 e. The Bertz CT molecular complexity index is 732. The highest BCUT2D eigenvalue weighted by molar-refractivity contribution is 6.05. The first kappa shape index (κ1) is 14.5. The molecule has 0 saturated heterocycles. The molecule has 2 N–H and O–H groups in total. The van der Waals surface area contributed by atoms with Gasteiger partial charge in [0.15, 0.2) is 0 Å². The largest absolute Gasteiger partial charge is 0.465 e. The molecule has 0 saturated carbocycles. The first-order valence-corrected chi connectivity index (χ1v) is 6.21. The molecule has 108 valence electrons. The summed E-state index contributed by atoms with van der Waals surface area (Å²) in [6.07, 6.45) is 1.49. The number of aromatic amines is 1. The highest BCUT2D eigenvalue weighted by Crippen LogP contribution is 2.12. The molecule has 0 aliphatic heterocycles. The van der Waals surface area contributed by atoms with E-state index in [4.69, 9.17) is 0 Å². The molecule has 0 aliphatic rings. The average molecular weight is 286 g/mol. The molecule has 1 aromatic carbocycles. The highest BCUT2D eigenvalue weighted by Gasteiger charge is 2.13. The molecule has 2 rings (SSSR count). The van der Waals surface area contributed by atoms with Crippen LogP contribution in [-0.2, 0) is 4.74 Å². The van der Waals surface area contributed by atoms with Crippen LogP contribution in [0.2, 0.25) is 0 Å². The van der Waals surface area contributed by atoms with Crippen molar-refractivity contribution in [3.63, 3.8) is 0 Å². The van der Waals surface area contributed by atoms with E-state index in [2.05, 4.69) is 15.0 Å². The van der Waals surface area contributed by atoms with E-state index in [1.165, 1.54) is 25.4 Å². The zero-order valence-corrected chi connectivity index (χ0v) is 11.6. The van der Waals surface area contributed by atoms with Crippen LogP contribution in [0.25, 0.3) is 0 Å². The molecule has 1 aromatic heterocycles. The number of esters is 1. The van der Waals surface area contributed by atoms with Crippen LogP contribution < -0.4 is 10.9 Å². The van der Waals surface area contributed by atoms with Crippen molar-refractivity contribution in [2.75, 3.05) is 12.4 Å². The Morgan fingerprint density at radius 1 is 1.14 bits per heavy atom. The van der Waals surface area contributed by atoms with Crippen molar-refractivity contribution >= 4 is 17.6 Å². The first-order chi connectivity index (χ1) is 10.0. The molecule has 0 unspecified atom stereocenters. The third-order valence-electron chi connectivity index (χ3n) is 2.96. The molecule has 0 spiro atoms. The maximum absolute atomic E-state index is 12.1. The summed E-state index contributed by atoms with van der Waals surface area (Å²) in [5.41, 5.74) is 1.07. The van der Waals surface area contributed by atoms with Gasteiger partial charge >= 0.3 is 5.97 Å². The van der Waals surface area contributed by atoms with Crippen LogP contribution in [0.15, 0.2) is 41.3 Å². The van der Waals surface area contributed by atoms with E-state index >= 15 is 0 Å². The standard InChI is InChI=1S/C15H14N2O4/c1-9-7-8-16-13(18)12(9)14(19)17-11-5-3-10(4-6-11)15(20)21-2/h3-8H,1-2H3,(H,16,18)(H,17,19). The SMILES string of the molecule is COC(=O)c1ccc(NC(=O)c2c(C)cc[nH]c2=O)cc1. The van der Waals surface area contributed by atoms with Gasteiger partial charge in [0.05, 0.1) is 12.7 Å². The van der Waals surface area contributed by atoms with E-state index in [1.807, 2.05) is 0 Å². The summed E-state index contributed by atoms with van der Waals surface area (Å²) in [5, 5.41) is 2.61. The summed E-state index contributed by atoms with van der Waals surface area (Å²) >= 11 is 0. The lowest BCUT2D eigenvalue weighted by molar-refractivity contribution is 0.0600. The van der Waals surface area contributed by atoms with Gasteiger partial charge in [0.25, 0.3) is 11.5 Å². The summed E-state index contributed by atoms with van der Waals surface area (Å²) in [4.78, 5) is 37.5. The van der Waals surface area contributed by atoms with Crippen LogP contribution in [0.4, 0.5) is 5.69 Å². The molecule has 6 heteroatoms. The average Bonchev–Trinajstić information content (AvgIpc) is 2.47. The van der Waals surface area contributed by atoms with E-state index in [0.717, 1.165) is 0 Å². The Hall–Kier alpha value is -2.89. The summed E-state index contributed by atoms with van der Waals surface area (Å²) in [6, 6.07) is 7.84. The van der Waals surface area contributed by atoms with E-state index in [1.54, 1.807) is 25.1 Å². The molecular weight excluding hydrogens is 272 g/mol. The first-order valence-electron chi connectivity index (χ1n) is 6.21. The van der Waals surface area contributed by atoms with E-state index < -0.39 is 17.4 Å². The molecule has 2 aromatic rings. The number of nitrogens with one attached hydrogen (secondary N) is 2. The lowest BCUT2D eigenvalue weighted by Crippen LogP contribution is -2.24. The van der Waals surface area contributed by atoms with E-state index in [-0.39, 0.29) is 5.56 Å². The number of aryl methyl sites for hydroxylation is 1. The topological polar surface area (TPSA) is 88.3 Å². The Morgan fingerprint density at radius 2 is 1.81 bits per heavy atom. The number of rotatable bonds is 3. The number of aromatic nitrogens is 1. The van der Waals surface area contributed by atoms with Gasteiger partial charge in [-0.1, -0.05) is 0 Å². The number of benzene rings is 1. The Balaban J connectivity index is 2.20. The van der Waals surface area contributed by atoms with Crippen LogP contribution in [-0.4, -0.2) is 24.0 Å². The smallest absolute Gasteiger partial charge is 0.337 e. The molecule has 0 bridgehead atoms. The predicted octanol–water partition coefficient (Wildman–Crippen LogP) is 1.72. The number of hydrogen-bond acceptors (Lipinski definition) is 4. The van der Waals surface area contributed by atoms with Crippen LogP contribution in [0.5, 0.6) is 0 Å². The fourth-order valence-corrected chi connectivity index (χ4v) is 1.86. The Kier molecular flexibility index (Phi) is 4.18. The number of methoxy groups -OCH3 is 1. The van der Waals surface area contributed by atoms with Gasteiger partial charge < -0.3 is 15.0 Å². The van der Waals surface area contributed by atoms with E-state index in [9.17, 15) is 14.4 Å². The van der Waals surface area contributed by atoms with Crippen LogP contribution in [0, 0.1) is 6.92 Å². The van der Waals surface area contributed by atoms with Gasteiger partial charge in [-0.2, -0.15) is 0 Å². The van der Waals surface area contributed by atoms with Gasteiger partial charge in [-0.25, -0.2) is 4.79 Å². The van der Waals surface area contributed by atoms with Gasteiger partial charge in [0.1, 0.15) is 5.56 Å². The van der Waals surface area contributed by atoms with Gasteiger partial charge in [-0.3, -0.25) is 9.59 Å².